The summed E-state index contributed by atoms with van der Waals surface area (Å²) in [4.78, 5) is 8.26. The van der Waals surface area contributed by atoms with Crippen molar-refractivity contribution in [2.24, 2.45) is 0 Å². The molecule has 2 aromatic rings. The second-order valence-corrected chi connectivity index (χ2v) is 5.07. The van der Waals surface area contributed by atoms with Gasteiger partial charge in [-0.1, -0.05) is 13.0 Å². The summed E-state index contributed by atoms with van der Waals surface area (Å²) in [5, 5.41) is 3.27. The summed E-state index contributed by atoms with van der Waals surface area (Å²) in [5.74, 6) is -1.77. The van der Waals surface area contributed by atoms with Gasteiger partial charge in [0.1, 0.15) is 0 Å². The Hall–Kier alpha value is -1.40. The first-order valence-electron chi connectivity index (χ1n) is 6.27. The van der Waals surface area contributed by atoms with E-state index in [-0.39, 0.29) is 10.5 Å². The second-order valence-electron chi connectivity index (χ2n) is 4.28. The van der Waals surface area contributed by atoms with Crippen LogP contribution < -0.4 is 5.32 Å². The predicted molar refractivity (Wildman–Crippen MR) is 76.2 cm³/mol. The van der Waals surface area contributed by atoms with Gasteiger partial charge in [-0.2, -0.15) is 0 Å². The summed E-state index contributed by atoms with van der Waals surface area (Å²) in [6, 6.07) is 2.32. The van der Waals surface area contributed by atoms with Crippen LogP contribution in [0, 0.1) is 11.6 Å². The van der Waals surface area contributed by atoms with Gasteiger partial charge in [0.25, 0.3) is 0 Å². The standard InChI is InChI=1S/C14H14BrF2N3/c1-2-5-20-14(11-8-18-6-7-19-11)9-3-4-10(16)13(17)12(9)15/h3-4,6-8,14,20H,2,5H2,1H3. The first-order valence-corrected chi connectivity index (χ1v) is 7.07. The summed E-state index contributed by atoms with van der Waals surface area (Å²) in [6.07, 6.45) is 5.67. The Kier molecular flexibility index (Phi) is 5.14. The molecule has 1 N–H and O–H groups in total. The Bertz CT molecular complexity index is 578. The monoisotopic (exact) mass is 341 g/mol. The lowest BCUT2D eigenvalue weighted by atomic mass is 10.0. The van der Waals surface area contributed by atoms with E-state index in [9.17, 15) is 8.78 Å². The van der Waals surface area contributed by atoms with Crippen LogP contribution in [0.4, 0.5) is 8.78 Å². The fourth-order valence-electron chi connectivity index (χ4n) is 1.89. The van der Waals surface area contributed by atoms with Crippen molar-refractivity contribution in [3.05, 3.63) is 58.1 Å². The number of nitrogens with zero attached hydrogens (tertiary/aromatic N) is 2. The Morgan fingerprint density at radius 2 is 2.10 bits per heavy atom. The molecule has 0 saturated heterocycles. The van der Waals surface area contributed by atoms with Gasteiger partial charge >= 0.3 is 0 Å². The van der Waals surface area contributed by atoms with E-state index < -0.39 is 11.6 Å². The molecule has 1 heterocycles. The van der Waals surface area contributed by atoms with Crippen molar-refractivity contribution < 1.29 is 8.78 Å². The van der Waals surface area contributed by atoms with E-state index in [0.29, 0.717) is 11.3 Å². The van der Waals surface area contributed by atoms with E-state index in [4.69, 9.17) is 0 Å². The quantitative estimate of drug-likeness (QED) is 0.844. The first kappa shape index (κ1) is 15.0. The highest BCUT2D eigenvalue weighted by atomic mass is 79.9. The van der Waals surface area contributed by atoms with Crippen LogP contribution in [0.25, 0.3) is 0 Å². The minimum atomic E-state index is -0.894. The average Bonchev–Trinajstić information content (AvgIpc) is 2.48. The topological polar surface area (TPSA) is 37.8 Å². The van der Waals surface area contributed by atoms with Crippen LogP contribution in [0.3, 0.4) is 0 Å². The van der Waals surface area contributed by atoms with Gasteiger partial charge in [-0.05, 0) is 40.5 Å². The third kappa shape index (κ3) is 3.19. The summed E-state index contributed by atoms with van der Waals surface area (Å²) < 4.78 is 27.0. The zero-order valence-corrected chi connectivity index (χ0v) is 12.5. The molecule has 20 heavy (non-hydrogen) atoms. The maximum atomic E-state index is 13.7. The summed E-state index contributed by atoms with van der Waals surface area (Å²) in [7, 11) is 0. The maximum Gasteiger partial charge on any atom is 0.173 e. The number of hydrogen-bond acceptors (Lipinski definition) is 3. The Labute approximate surface area is 124 Å². The van der Waals surface area contributed by atoms with Gasteiger partial charge in [0, 0.05) is 12.4 Å². The fourth-order valence-corrected chi connectivity index (χ4v) is 2.44. The smallest absolute Gasteiger partial charge is 0.173 e. The third-order valence-corrected chi connectivity index (χ3v) is 3.66. The molecule has 1 atom stereocenters. The Balaban J connectivity index is 2.44. The molecular weight excluding hydrogens is 328 g/mol. The van der Waals surface area contributed by atoms with Gasteiger partial charge in [0.15, 0.2) is 11.6 Å². The Morgan fingerprint density at radius 3 is 2.75 bits per heavy atom. The largest absolute Gasteiger partial charge is 0.305 e. The molecule has 0 saturated carbocycles. The highest BCUT2D eigenvalue weighted by Gasteiger charge is 2.21. The van der Waals surface area contributed by atoms with Gasteiger partial charge in [0.2, 0.25) is 0 Å². The zero-order valence-electron chi connectivity index (χ0n) is 10.9. The molecule has 0 fully saturated rings. The van der Waals surface area contributed by atoms with Gasteiger partial charge in [-0.25, -0.2) is 8.78 Å². The molecule has 0 aliphatic carbocycles. The van der Waals surface area contributed by atoms with E-state index in [1.807, 2.05) is 6.92 Å². The van der Waals surface area contributed by atoms with Crippen LogP contribution in [0.5, 0.6) is 0 Å². The molecule has 1 unspecified atom stereocenters. The molecule has 0 amide bonds. The van der Waals surface area contributed by atoms with Crippen LogP contribution in [0.15, 0.2) is 35.2 Å². The highest BCUT2D eigenvalue weighted by molar-refractivity contribution is 9.10. The molecule has 6 heteroatoms. The van der Waals surface area contributed by atoms with Crippen LogP contribution >= 0.6 is 15.9 Å². The van der Waals surface area contributed by atoms with Gasteiger partial charge in [0.05, 0.1) is 22.4 Å². The maximum absolute atomic E-state index is 13.7. The molecular formula is C14H14BrF2N3. The molecule has 0 radical (unpaired) electrons. The van der Waals surface area contributed by atoms with Crippen LogP contribution in [-0.2, 0) is 0 Å². The van der Waals surface area contributed by atoms with E-state index in [1.54, 1.807) is 24.7 Å². The second kappa shape index (κ2) is 6.85. The van der Waals surface area contributed by atoms with Crippen LogP contribution in [0.1, 0.15) is 30.6 Å². The summed E-state index contributed by atoms with van der Waals surface area (Å²) in [5.41, 5.74) is 1.26. The molecule has 1 aromatic heterocycles. The minimum absolute atomic E-state index is 0.108. The van der Waals surface area contributed by atoms with E-state index in [1.165, 1.54) is 0 Å². The lowest BCUT2D eigenvalue weighted by molar-refractivity contribution is 0.496. The first-order chi connectivity index (χ1) is 9.65. The third-order valence-electron chi connectivity index (χ3n) is 2.85. The molecule has 0 aliphatic rings. The molecule has 2 rings (SSSR count). The van der Waals surface area contributed by atoms with Gasteiger partial charge in [-0.15, -0.1) is 0 Å². The normalized spacial score (nSPS) is 12.4. The molecule has 0 aliphatic heterocycles. The molecule has 1 aromatic carbocycles. The number of rotatable bonds is 5. The molecule has 0 bridgehead atoms. The van der Waals surface area contributed by atoms with E-state index >= 15 is 0 Å². The van der Waals surface area contributed by atoms with E-state index in [0.717, 1.165) is 19.0 Å². The predicted octanol–water partition coefficient (Wildman–Crippen LogP) is 3.61. The van der Waals surface area contributed by atoms with Crippen molar-refractivity contribution in [1.29, 1.82) is 0 Å². The molecule has 106 valence electrons. The van der Waals surface area contributed by atoms with Crippen molar-refractivity contribution in [2.45, 2.75) is 19.4 Å². The number of aromatic nitrogens is 2. The SMILES string of the molecule is CCCNC(c1cnccn1)c1ccc(F)c(F)c1Br. The van der Waals surface area contributed by atoms with Crippen molar-refractivity contribution >= 4 is 15.9 Å². The minimum Gasteiger partial charge on any atom is -0.305 e. The fraction of sp³-hybridized carbons (Fsp3) is 0.286. The number of hydrogen-bond donors (Lipinski definition) is 1. The van der Waals surface area contributed by atoms with Crippen molar-refractivity contribution in [3.63, 3.8) is 0 Å². The van der Waals surface area contributed by atoms with Crippen molar-refractivity contribution in [3.8, 4) is 0 Å². The number of halogens is 3. The highest BCUT2D eigenvalue weighted by Crippen LogP contribution is 2.30. The summed E-state index contributed by atoms with van der Waals surface area (Å²) in [6.45, 7) is 2.76. The summed E-state index contributed by atoms with van der Waals surface area (Å²) >= 11 is 3.12. The number of benzene rings is 1. The molecule has 3 nitrogen and oxygen atoms in total. The lowest BCUT2D eigenvalue weighted by Crippen LogP contribution is -2.25. The van der Waals surface area contributed by atoms with E-state index in [2.05, 4.69) is 31.2 Å². The van der Waals surface area contributed by atoms with Gasteiger partial charge < -0.3 is 5.32 Å². The van der Waals surface area contributed by atoms with Crippen LogP contribution in [-0.4, -0.2) is 16.5 Å². The van der Waals surface area contributed by atoms with Crippen molar-refractivity contribution in [1.82, 2.24) is 15.3 Å². The Morgan fingerprint density at radius 1 is 1.30 bits per heavy atom. The number of nitrogens with one attached hydrogen (secondary N) is 1. The lowest BCUT2D eigenvalue weighted by Gasteiger charge is -2.19. The van der Waals surface area contributed by atoms with Gasteiger partial charge in [-0.3, -0.25) is 9.97 Å². The zero-order chi connectivity index (χ0) is 14.5. The average molecular weight is 342 g/mol. The molecule has 0 spiro atoms. The van der Waals surface area contributed by atoms with Crippen molar-refractivity contribution in [2.75, 3.05) is 6.54 Å². The van der Waals surface area contributed by atoms with Crippen LogP contribution in [0.2, 0.25) is 0 Å².